The molecule has 1 aliphatic heterocycles. The maximum atomic E-state index is 15.2. The van der Waals surface area contributed by atoms with Crippen LogP contribution in [0.3, 0.4) is 0 Å². The van der Waals surface area contributed by atoms with Gasteiger partial charge in [-0.1, -0.05) is 43.2 Å². The first-order chi connectivity index (χ1) is 11.5. The maximum Gasteiger partial charge on any atom is 0.319 e. The average Bonchev–Trinajstić information content (AvgIpc) is 2.63. The lowest BCUT2D eigenvalue weighted by molar-refractivity contribution is -0.222. The number of esters is 1. The molecule has 0 aromatic heterocycles. The Hall–Kier alpha value is -1.49. The van der Waals surface area contributed by atoms with E-state index in [-0.39, 0.29) is 19.6 Å². The van der Waals surface area contributed by atoms with Gasteiger partial charge in [0.1, 0.15) is 5.41 Å². The van der Waals surface area contributed by atoms with E-state index in [1.165, 1.54) is 0 Å². The first-order valence-corrected chi connectivity index (χ1v) is 8.81. The fraction of sp³-hybridized carbons (Fsp3) is 0.632. The van der Waals surface area contributed by atoms with Gasteiger partial charge in [-0.25, -0.2) is 8.78 Å². The highest BCUT2D eigenvalue weighted by molar-refractivity contribution is 5.79. The number of ether oxygens (including phenoxy) is 1. The van der Waals surface area contributed by atoms with Gasteiger partial charge in [-0.05, 0) is 25.3 Å². The molecule has 0 amide bonds. The van der Waals surface area contributed by atoms with Gasteiger partial charge in [0.15, 0.2) is 0 Å². The molecule has 2 bridgehead atoms. The van der Waals surface area contributed by atoms with Gasteiger partial charge in [0, 0.05) is 25.6 Å². The highest BCUT2D eigenvalue weighted by atomic mass is 19.3. The summed E-state index contributed by atoms with van der Waals surface area (Å²) in [5, 5.41) is 0. The van der Waals surface area contributed by atoms with E-state index in [4.69, 9.17) is 4.74 Å². The van der Waals surface area contributed by atoms with Gasteiger partial charge >= 0.3 is 5.97 Å². The molecule has 5 heteroatoms. The number of hydrogen-bond donors (Lipinski definition) is 0. The number of likely N-dealkylation sites (tertiary alicyclic amines) is 1. The second-order valence-corrected chi connectivity index (χ2v) is 7.02. The summed E-state index contributed by atoms with van der Waals surface area (Å²) in [6.45, 7) is 2.81. The number of piperidine rings is 1. The van der Waals surface area contributed by atoms with Crippen LogP contribution in [0, 0.1) is 11.3 Å². The lowest BCUT2D eigenvalue weighted by Gasteiger charge is -2.49. The highest BCUT2D eigenvalue weighted by Gasteiger charge is 2.66. The second kappa shape index (κ2) is 6.79. The molecule has 1 saturated heterocycles. The summed E-state index contributed by atoms with van der Waals surface area (Å²) < 4.78 is 35.5. The Labute approximate surface area is 142 Å². The number of carbonyl (C=O) groups excluding carboxylic acids is 1. The van der Waals surface area contributed by atoms with Gasteiger partial charge in [0.25, 0.3) is 5.92 Å². The molecule has 0 N–H and O–H groups in total. The van der Waals surface area contributed by atoms with Crippen LogP contribution < -0.4 is 0 Å². The van der Waals surface area contributed by atoms with Gasteiger partial charge in [-0.15, -0.1) is 0 Å². The average molecular weight is 337 g/mol. The number of rotatable bonds is 4. The van der Waals surface area contributed by atoms with Gasteiger partial charge in [-0.2, -0.15) is 0 Å². The van der Waals surface area contributed by atoms with Crippen LogP contribution in [0.25, 0.3) is 0 Å². The summed E-state index contributed by atoms with van der Waals surface area (Å²) in [4.78, 5) is 14.6. The van der Waals surface area contributed by atoms with Crippen LogP contribution in [0.4, 0.5) is 8.78 Å². The molecule has 2 fully saturated rings. The predicted octanol–water partition coefficient (Wildman–Crippen LogP) is 3.88. The van der Waals surface area contributed by atoms with Crippen molar-refractivity contribution in [2.45, 2.75) is 45.1 Å². The minimum absolute atomic E-state index is 0.0736. The first kappa shape index (κ1) is 17.3. The molecule has 132 valence electrons. The fourth-order valence-corrected chi connectivity index (χ4v) is 4.24. The Morgan fingerprint density at radius 1 is 1.29 bits per heavy atom. The molecule has 1 aliphatic carbocycles. The lowest BCUT2D eigenvalue weighted by atomic mass is 9.70. The molecule has 3 rings (SSSR count). The van der Waals surface area contributed by atoms with Crippen LogP contribution in [0.5, 0.6) is 0 Å². The van der Waals surface area contributed by atoms with Crippen LogP contribution >= 0.6 is 0 Å². The minimum atomic E-state index is -3.00. The molecule has 1 heterocycles. The number of benzene rings is 1. The van der Waals surface area contributed by atoms with Crippen molar-refractivity contribution in [3.05, 3.63) is 35.9 Å². The quantitative estimate of drug-likeness (QED) is 0.781. The van der Waals surface area contributed by atoms with Crippen molar-refractivity contribution in [1.82, 2.24) is 4.90 Å². The number of alkyl halides is 2. The minimum Gasteiger partial charge on any atom is -0.465 e. The predicted molar refractivity (Wildman–Crippen MR) is 87.7 cm³/mol. The Morgan fingerprint density at radius 2 is 2.04 bits per heavy atom. The van der Waals surface area contributed by atoms with Crippen LogP contribution in [0.1, 0.15) is 38.2 Å². The molecule has 2 atom stereocenters. The Kier molecular flexibility index (Phi) is 4.90. The van der Waals surface area contributed by atoms with Crippen LogP contribution in [-0.2, 0) is 16.1 Å². The van der Waals surface area contributed by atoms with Crippen molar-refractivity contribution in [3.8, 4) is 0 Å². The third kappa shape index (κ3) is 2.94. The van der Waals surface area contributed by atoms with Crippen molar-refractivity contribution in [1.29, 1.82) is 0 Å². The molecule has 24 heavy (non-hydrogen) atoms. The smallest absolute Gasteiger partial charge is 0.319 e. The standard InChI is InChI=1S/C19H25F2NO2/c1-2-24-17(23)18-11-7-6-10-16(19(18,20)21)13-22(14-18)12-15-8-4-3-5-9-15/h3-5,8-9,16H,2,6-7,10-14H2,1H3. The van der Waals surface area contributed by atoms with Gasteiger partial charge in [0.2, 0.25) is 0 Å². The Morgan fingerprint density at radius 3 is 2.75 bits per heavy atom. The zero-order valence-corrected chi connectivity index (χ0v) is 14.1. The van der Waals surface area contributed by atoms with Gasteiger partial charge in [-0.3, -0.25) is 9.69 Å². The first-order valence-electron chi connectivity index (χ1n) is 8.81. The summed E-state index contributed by atoms with van der Waals surface area (Å²) in [6, 6.07) is 9.82. The second-order valence-electron chi connectivity index (χ2n) is 7.02. The van der Waals surface area contributed by atoms with E-state index in [2.05, 4.69) is 0 Å². The Balaban J connectivity index is 1.90. The summed E-state index contributed by atoms with van der Waals surface area (Å²) in [5.74, 6) is -4.50. The third-order valence-electron chi connectivity index (χ3n) is 5.44. The van der Waals surface area contributed by atoms with Crippen molar-refractivity contribution in [2.75, 3.05) is 19.7 Å². The van der Waals surface area contributed by atoms with Crippen molar-refractivity contribution in [2.24, 2.45) is 11.3 Å². The van der Waals surface area contributed by atoms with Crippen molar-refractivity contribution in [3.63, 3.8) is 0 Å². The lowest BCUT2D eigenvalue weighted by Crippen LogP contribution is -2.63. The number of fused-ring (bicyclic) bond motifs is 2. The molecule has 1 aromatic carbocycles. The van der Waals surface area contributed by atoms with Crippen molar-refractivity contribution >= 4 is 5.97 Å². The van der Waals surface area contributed by atoms with Gasteiger partial charge in [0.05, 0.1) is 6.61 Å². The SMILES string of the molecule is CCOC(=O)C12CCCCC(CN(Cc3ccccc3)C1)C2(F)F. The zero-order valence-electron chi connectivity index (χ0n) is 14.1. The van der Waals surface area contributed by atoms with E-state index >= 15 is 8.78 Å². The number of halogens is 2. The molecule has 0 spiro atoms. The van der Waals surface area contributed by atoms with E-state index in [1.807, 2.05) is 35.2 Å². The third-order valence-corrected chi connectivity index (χ3v) is 5.44. The van der Waals surface area contributed by atoms with Crippen LogP contribution in [0.2, 0.25) is 0 Å². The molecule has 3 nitrogen and oxygen atoms in total. The molecule has 2 aliphatic rings. The van der Waals surface area contributed by atoms with E-state index in [0.717, 1.165) is 12.0 Å². The summed E-state index contributed by atoms with van der Waals surface area (Å²) in [5.41, 5.74) is -0.615. The molecular weight excluding hydrogens is 312 g/mol. The molecular formula is C19H25F2NO2. The van der Waals surface area contributed by atoms with Crippen LogP contribution in [-0.4, -0.2) is 36.5 Å². The largest absolute Gasteiger partial charge is 0.465 e. The number of nitrogens with zero attached hydrogens (tertiary/aromatic N) is 1. The molecule has 1 aromatic rings. The number of carbonyl (C=O) groups is 1. The van der Waals surface area contributed by atoms with Crippen molar-refractivity contribution < 1.29 is 18.3 Å². The summed E-state index contributed by atoms with van der Waals surface area (Å²) in [7, 11) is 0. The fourth-order valence-electron chi connectivity index (χ4n) is 4.24. The normalized spacial score (nSPS) is 29.7. The summed E-state index contributed by atoms with van der Waals surface area (Å²) >= 11 is 0. The van der Waals surface area contributed by atoms with E-state index in [9.17, 15) is 4.79 Å². The topological polar surface area (TPSA) is 29.5 Å². The van der Waals surface area contributed by atoms with E-state index < -0.39 is 23.2 Å². The van der Waals surface area contributed by atoms with Gasteiger partial charge < -0.3 is 4.74 Å². The Bertz CT molecular complexity index is 578. The summed E-state index contributed by atoms with van der Waals surface area (Å²) in [6.07, 6.45) is 2.09. The maximum absolute atomic E-state index is 15.2. The number of hydrogen-bond acceptors (Lipinski definition) is 3. The highest BCUT2D eigenvalue weighted by Crippen LogP contribution is 2.54. The molecule has 0 radical (unpaired) electrons. The molecule has 2 unspecified atom stereocenters. The van der Waals surface area contributed by atoms with E-state index in [0.29, 0.717) is 25.9 Å². The molecule has 1 saturated carbocycles. The monoisotopic (exact) mass is 337 g/mol. The zero-order chi connectivity index (χ0) is 17.2. The van der Waals surface area contributed by atoms with Crippen LogP contribution in [0.15, 0.2) is 30.3 Å². The van der Waals surface area contributed by atoms with E-state index in [1.54, 1.807) is 6.92 Å².